The number of anilines is 1. The summed E-state index contributed by atoms with van der Waals surface area (Å²) in [5, 5.41) is 9.65. The van der Waals surface area contributed by atoms with Gasteiger partial charge >= 0.3 is 6.09 Å². The lowest BCUT2D eigenvalue weighted by atomic mass is 10.1. The van der Waals surface area contributed by atoms with Gasteiger partial charge < -0.3 is 24.9 Å². The molecule has 1 fully saturated rings. The molecule has 3 rings (SSSR count). The van der Waals surface area contributed by atoms with Crippen LogP contribution in [0, 0.1) is 0 Å². The van der Waals surface area contributed by atoms with E-state index in [4.69, 9.17) is 20.0 Å². The second-order valence-electron chi connectivity index (χ2n) is 5.05. The van der Waals surface area contributed by atoms with Crippen molar-refractivity contribution in [3.63, 3.8) is 0 Å². The van der Waals surface area contributed by atoms with Crippen LogP contribution in [0.25, 0.3) is 11.0 Å². The van der Waals surface area contributed by atoms with Gasteiger partial charge in [0.05, 0.1) is 12.8 Å². The lowest BCUT2D eigenvalue weighted by molar-refractivity contribution is 0.0252. The first-order chi connectivity index (χ1) is 10.0. The van der Waals surface area contributed by atoms with E-state index in [2.05, 4.69) is 0 Å². The summed E-state index contributed by atoms with van der Waals surface area (Å²) in [6, 6.07) is 5.08. The van der Waals surface area contributed by atoms with Crippen molar-refractivity contribution in [3.8, 4) is 5.75 Å². The van der Waals surface area contributed by atoms with E-state index < -0.39 is 18.4 Å². The fourth-order valence-electron chi connectivity index (χ4n) is 2.51. The minimum absolute atomic E-state index is 0.191. The van der Waals surface area contributed by atoms with Gasteiger partial charge in [0.1, 0.15) is 6.10 Å². The smallest absolute Gasteiger partial charge is 0.407 e. The van der Waals surface area contributed by atoms with E-state index in [1.165, 1.54) is 6.26 Å². The first-order valence-corrected chi connectivity index (χ1v) is 6.60. The number of piperidine rings is 1. The second-order valence-corrected chi connectivity index (χ2v) is 5.05. The number of carboxylic acid groups (broad SMARTS) is 1. The van der Waals surface area contributed by atoms with Crippen molar-refractivity contribution in [1.29, 1.82) is 0 Å². The number of carbonyl (C=O) groups is 1. The van der Waals surface area contributed by atoms with Crippen LogP contribution >= 0.6 is 0 Å². The molecule has 112 valence electrons. The van der Waals surface area contributed by atoms with Crippen LogP contribution < -0.4 is 10.5 Å². The highest BCUT2D eigenvalue weighted by Crippen LogP contribution is 2.32. The maximum atomic E-state index is 14.1. The highest BCUT2D eigenvalue weighted by Gasteiger charge is 2.33. The monoisotopic (exact) mass is 294 g/mol. The molecule has 0 unspecified atom stereocenters. The SMILES string of the molecule is Nc1cc(O[C@@H]2CCN(C(=O)O)C[C@H]2F)c2occc2c1. The Hall–Kier alpha value is -2.44. The molecule has 0 bridgehead atoms. The minimum Gasteiger partial charge on any atom is -0.483 e. The lowest BCUT2D eigenvalue weighted by Crippen LogP contribution is -2.48. The Kier molecular flexibility index (Phi) is 3.32. The van der Waals surface area contributed by atoms with Crippen molar-refractivity contribution in [1.82, 2.24) is 4.90 Å². The molecule has 0 saturated carbocycles. The molecule has 1 aromatic heterocycles. The third-order valence-corrected chi connectivity index (χ3v) is 3.57. The van der Waals surface area contributed by atoms with E-state index in [1.807, 2.05) is 0 Å². The summed E-state index contributed by atoms with van der Waals surface area (Å²) in [4.78, 5) is 11.9. The van der Waals surface area contributed by atoms with Crippen LogP contribution in [-0.2, 0) is 0 Å². The average molecular weight is 294 g/mol. The minimum atomic E-state index is -1.39. The summed E-state index contributed by atoms with van der Waals surface area (Å²) < 4.78 is 25.1. The van der Waals surface area contributed by atoms with Gasteiger partial charge in [0, 0.05) is 30.1 Å². The van der Waals surface area contributed by atoms with Crippen molar-refractivity contribution in [2.45, 2.75) is 18.7 Å². The molecule has 6 nitrogen and oxygen atoms in total. The first-order valence-electron chi connectivity index (χ1n) is 6.60. The molecule has 7 heteroatoms. The van der Waals surface area contributed by atoms with Gasteiger partial charge in [0.25, 0.3) is 0 Å². The Morgan fingerprint density at radius 1 is 1.52 bits per heavy atom. The van der Waals surface area contributed by atoms with Gasteiger partial charge in [-0.1, -0.05) is 0 Å². The molecule has 1 amide bonds. The number of nitrogens with zero attached hydrogens (tertiary/aromatic N) is 1. The van der Waals surface area contributed by atoms with E-state index in [0.29, 0.717) is 17.0 Å². The number of benzene rings is 1. The van der Waals surface area contributed by atoms with Crippen molar-refractivity contribution in [3.05, 3.63) is 24.5 Å². The van der Waals surface area contributed by atoms with Crippen molar-refractivity contribution in [2.24, 2.45) is 0 Å². The normalized spacial score (nSPS) is 22.4. The van der Waals surface area contributed by atoms with Gasteiger partial charge in [0.2, 0.25) is 0 Å². The highest BCUT2D eigenvalue weighted by atomic mass is 19.1. The summed E-state index contributed by atoms with van der Waals surface area (Å²) in [5.41, 5.74) is 6.79. The Labute approximate surface area is 119 Å². The number of hydrogen-bond donors (Lipinski definition) is 2. The number of furan rings is 1. The van der Waals surface area contributed by atoms with Gasteiger partial charge in [-0.2, -0.15) is 0 Å². The number of halogens is 1. The summed E-state index contributed by atoms with van der Waals surface area (Å²) >= 11 is 0. The summed E-state index contributed by atoms with van der Waals surface area (Å²) in [6.07, 6.45) is -1.42. The third kappa shape index (κ3) is 2.58. The van der Waals surface area contributed by atoms with Crippen molar-refractivity contribution >= 4 is 22.7 Å². The number of nitrogens with two attached hydrogens (primary N) is 1. The van der Waals surface area contributed by atoms with Gasteiger partial charge in [-0.25, -0.2) is 9.18 Å². The molecule has 0 spiro atoms. The first kappa shape index (κ1) is 13.5. The molecule has 1 aliphatic heterocycles. The number of fused-ring (bicyclic) bond motifs is 1. The van der Waals surface area contributed by atoms with Crippen molar-refractivity contribution < 1.29 is 23.4 Å². The fourth-order valence-corrected chi connectivity index (χ4v) is 2.51. The van der Waals surface area contributed by atoms with Crippen LogP contribution in [0.15, 0.2) is 28.9 Å². The van der Waals surface area contributed by atoms with Crippen LogP contribution in [0.1, 0.15) is 6.42 Å². The van der Waals surface area contributed by atoms with Crippen LogP contribution in [0.3, 0.4) is 0 Å². The molecule has 2 aromatic rings. The fraction of sp³-hybridized carbons (Fsp3) is 0.357. The number of hydrogen-bond acceptors (Lipinski definition) is 4. The zero-order chi connectivity index (χ0) is 15.0. The molecule has 0 aliphatic carbocycles. The maximum Gasteiger partial charge on any atom is 0.407 e. The number of amides is 1. The molecule has 2 atom stereocenters. The number of rotatable bonds is 2. The zero-order valence-electron chi connectivity index (χ0n) is 11.2. The summed E-state index contributed by atoms with van der Waals surface area (Å²) in [6.45, 7) is 0.0493. The van der Waals surface area contributed by atoms with E-state index in [1.54, 1.807) is 18.2 Å². The Bertz CT molecular complexity index is 672. The molecule has 21 heavy (non-hydrogen) atoms. The molecule has 3 N–H and O–H groups in total. The molecule has 1 aliphatic rings. The second kappa shape index (κ2) is 5.16. The van der Waals surface area contributed by atoms with Crippen LogP contribution in [0.5, 0.6) is 5.75 Å². The molecule has 0 radical (unpaired) electrons. The quantitative estimate of drug-likeness (QED) is 0.831. The number of nitrogen functional groups attached to an aromatic ring is 1. The topological polar surface area (TPSA) is 88.9 Å². The van der Waals surface area contributed by atoms with E-state index in [0.717, 1.165) is 10.3 Å². The van der Waals surface area contributed by atoms with Gasteiger partial charge in [-0.3, -0.25) is 0 Å². The molecular formula is C14H15FN2O4. The van der Waals surface area contributed by atoms with E-state index >= 15 is 0 Å². The third-order valence-electron chi connectivity index (χ3n) is 3.57. The Morgan fingerprint density at radius 2 is 2.33 bits per heavy atom. The lowest BCUT2D eigenvalue weighted by Gasteiger charge is -2.33. The van der Waals surface area contributed by atoms with Crippen LogP contribution in [0.4, 0.5) is 14.9 Å². The Morgan fingerprint density at radius 3 is 3.05 bits per heavy atom. The zero-order valence-corrected chi connectivity index (χ0v) is 11.2. The van der Waals surface area contributed by atoms with E-state index in [-0.39, 0.29) is 19.5 Å². The van der Waals surface area contributed by atoms with Crippen LogP contribution in [-0.4, -0.2) is 41.5 Å². The predicted octanol–water partition coefficient (Wildman–Crippen LogP) is 2.48. The summed E-state index contributed by atoms with van der Waals surface area (Å²) in [5.74, 6) is 0.381. The van der Waals surface area contributed by atoms with Gasteiger partial charge in [-0.05, 0) is 12.1 Å². The van der Waals surface area contributed by atoms with Gasteiger partial charge in [0.15, 0.2) is 17.5 Å². The number of alkyl halides is 1. The molecule has 1 aromatic carbocycles. The largest absolute Gasteiger partial charge is 0.483 e. The standard InChI is InChI=1S/C14H15FN2O4/c15-10-7-17(14(18)19)3-1-11(10)21-12-6-9(16)5-8-2-4-20-13(8)12/h2,4-6,10-11H,1,3,7,16H2,(H,18,19)/t10-,11-/m1/s1. The van der Waals surface area contributed by atoms with Crippen LogP contribution in [0.2, 0.25) is 0 Å². The summed E-state index contributed by atoms with van der Waals surface area (Å²) in [7, 11) is 0. The Balaban J connectivity index is 1.80. The van der Waals surface area contributed by atoms with Gasteiger partial charge in [-0.15, -0.1) is 0 Å². The predicted molar refractivity (Wildman–Crippen MR) is 74.2 cm³/mol. The molecular weight excluding hydrogens is 279 g/mol. The number of ether oxygens (including phenoxy) is 1. The average Bonchev–Trinajstić information content (AvgIpc) is 2.88. The maximum absolute atomic E-state index is 14.1. The van der Waals surface area contributed by atoms with Crippen molar-refractivity contribution in [2.75, 3.05) is 18.8 Å². The molecule has 1 saturated heterocycles. The highest BCUT2D eigenvalue weighted by molar-refractivity contribution is 5.86. The number of likely N-dealkylation sites (tertiary alicyclic amines) is 1. The van der Waals surface area contributed by atoms with E-state index in [9.17, 15) is 9.18 Å². The molecule has 2 heterocycles.